The molecule has 12 heteroatoms. The highest BCUT2D eigenvalue weighted by molar-refractivity contribution is 6.38. The van der Waals surface area contributed by atoms with Gasteiger partial charge in [-0.05, 0) is 25.0 Å². The highest BCUT2D eigenvalue weighted by Crippen LogP contribution is 2.51. The molecule has 0 unspecified atom stereocenters. The van der Waals surface area contributed by atoms with Gasteiger partial charge in [0.1, 0.15) is 17.0 Å². The molecule has 33 heavy (non-hydrogen) atoms. The lowest BCUT2D eigenvalue weighted by Crippen LogP contribution is -2.74. The molecule has 2 saturated heterocycles. The van der Waals surface area contributed by atoms with E-state index in [2.05, 4.69) is 25.8 Å². The van der Waals surface area contributed by atoms with E-state index in [1.807, 2.05) is 11.0 Å². The molecule has 0 aliphatic carbocycles. The molecule has 4 amide bonds. The van der Waals surface area contributed by atoms with Crippen LogP contribution in [0.1, 0.15) is 12.5 Å². The van der Waals surface area contributed by atoms with Gasteiger partial charge in [0.05, 0.1) is 29.8 Å². The zero-order chi connectivity index (χ0) is 22.9. The zero-order valence-corrected chi connectivity index (χ0v) is 18.0. The van der Waals surface area contributed by atoms with E-state index in [9.17, 15) is 14.4 Å². The largest absolute Gasteiger partial charge is 0.374 e. The van der Waals surface area contributed by atoms with Gasteiger partial charge in [0.25, 0.3) is 0 Å². The van der Waals surface area contributed by atoms with Crippen LogP contribution in [0.5, 0.6) is 0 Å². The van der Waals surface area contributed by atoms with E-state index >= 15 is 0 Å². The Hall–Kier alpha value is -3.57. The van der Waals surface area contributed by atoms with Crippen molar-refractivity contribution in [2.75, 3.05) is 18.1 Å². The van der Waals surface area contributed by atoms with Gasteiger partial charge >= 0.3 is 6.03 Å². The van der Waals surface area contributed by atoms with Gasteiger partial charge in [0.15, 0.2) is 11.0 Å². The van der Waals surface area contributed by atoms with Gasteiger partial charge in [-0.2, -0.15) is 0 Å². The summed E-state index contributed by atoms with van der Waals surface area (Å²) in [6, 6.07) is 0.313. The molecular weight excluding hydrogens is 452 g/mol. The molecule has 168 valence electrons. The van der Waals surface area contributed by atoms with Crippen LogP contribution < -0.4 is 15.5 Å². The maximum Gasteiger partial charge on any atom is 0.328 e. The lowest BCUT2D eigenvalue weighted by atomic mass is 9.66. The predicted molar refractivity (Wildman–Crippen MR) is 114 cm³/mol. The van der Waals surface area contributed by atoms with E-state index in [0.717, 1.165) is 0 Å². The van der Waals surface area contributed by atoms with Crippen molar-refractivity contribution >= 4 is 46.1 Å². The molecule has 2 fully saturated rings. The van der Waals surface area contributed by atoms with E-state index < -0.39 is 35.4 Å². The lowest BCUT2D eigenvalue weighted by molar-refractivity contribution is -0.151. The monoisotopic (exact) mass is 468 g/mol. The molecular formula is C21H17ClN6O5. The van der Waals surface area contributed by atoms with Gasteiger partial charge < -0.3 is 14.2 Å². The standard InChI is InChI=1S/C21H17ClN6O5/c1-9-17-21(18(29)25-20(31)26-19(21)30)5-10-4-12-14(11-6-23-8-24-7-11)27-33-16(12)13(22)15(10)28(17)2-3-32-9/h4,6-9,17H,2-3,5H2,1H3,(H2,25,26,29,30,31)/t9-,17+/m0/s1. The SMILES string of the molecule is C[C@@H]1OCCN2c3c(cc4c(-c5cncnc5)noc4c3Cl)CC3(C(=O)NC(=O)NC3=O)[C@@H]12. The van der Waals surface area contributed by atoms with Gasteiger partial charge in [0.2, 0.25) is 11.8 Å². The number of ether oxygens (including phenoxy) is 1. The van der Waals surface area contributed by atoms with Crippen molar-refractivity contribution in [3.63, 3.8) is 0 Å². The number of aromatic nitrogens is 3. The van der Waals surface area contributed by atoms with Crippen molar-refractivity contribution < 1.29 is 23.6 Å². The molecule has 2 N–H and O–H groups in total. The van der Waals surface area contributed by atoms with Crippen molar-refractivity contribution in [3.05, 3.63) is 35.4 Å². The number of hydrogen-bond acceptors (Lipinski definition) is 9. The summed E-state index contributed by atoms with van der Waals surface area (Å²) in [5.41, 5.74) is 1.27. The summed E-state index contributed by atoms with van der Waals surface area (Å²) >= 11 is 6.85. The molecule has 1 aromatic carbocycles. The number of fused-ring (bicyclic) bond motifs is 5. The Morgan fingerprint density at radius 2 is 1.91 bits per heavy atom. The Morgan fingerprint density at radius 3 is 2.64 bits per heavy atom. The average Bonchev–Trinajstić information content (AvgIpc) is 3.22. The molecule has 2 atom stereocenters. The quantitative estimate of drug-likeness (QED) is 0.507. The first-order valence-electron chi connectivity index (χ1n) is 10.3. The molecule has 3 aromatic rings. The van der Waals surface area contributed by atoms with Gasteiger partial charge in [0, 0.05) is 24.5 Å². The molecule has 2 aromatic heterocycles. The highest BCUT2D eigenvalue weighted by atomic mass is 35.5. The normalized spacial score (nSPS) is 23.8. The van der Waals surface area contributed by atoms with Crippen LogP contribution in [0.4, 0.5) is 10.5 Å². The molecule has 5 heterocycles. The highest BCUT2D eigenvalue weighted by Gasteiger charge is 2.62. The topological polar surface area (TPSA) is 140 Å². The molecule has 0 bridgehead atoms. The Bertz CT molecular complexity index is 1320. The second-order valence-corrected chi connectivity index (χ2v) is 8.71. The van der Waals surface area contributed by atoms with Crippen LogP contribution in [0.3, 0.4) is 0 Å². The van der Waals surface area contributed by atoms with Crippen LogP contribution in [0.2, 0.25) is 5.02 Å². The number of carbonyl (C=O) groups excluding carboxylic acids is 3. The Balaban J connectivity index is 1.60. The fourth-order valence-electron chi connectivity index (χ4n) is 5.29. The average molecular weight is 469 g/mol. The zero-order valence-electron chi connectivity index (χ0n) is 17.3. The number of anilines is 1. The molecule has 3 aliphatic heterocycles. The number of urea groups is 1. The van der Waals surface area contributed by atoms with E-state index in [4.69, 9.17) is 20.9 Å². The van der Waals surface area contributed by atoms with Crippen LogP contribution in [0.25, 0.3) is 22.2 Å². The van der Waals surface area contributed by atoms with E-state index in [0.29, 0.717) is 51.7 Å². The van der Waals surface area contributed by atoms with Crippen molar-refractivity contribution in [2.24, 2.45) is 5.41 Å². The number of morpholine rings is 1. The number of benzene rings is 1. The second-order valence-electron chi connectivity index (χ2n) is 8.33. The van der Waals surface area contributed by atoms with Crippen LogP contribution in [0, 0.1) is 5.41 Å². The smallest absolute Gasteiger partial charge is 0.328 e. The molecule has 0 saturated carbocycles. The maximum atomic E-state index is 13.2. The summed E-state index contributed by atoms with van der Waals surface area (Å²) in [5, 5.41) is 9.65. The van der Waals surface area contributed by atoms with Crippen molar-refractivity contribution in [1.29, 1.82) is 0 Å². The second kappa shape index (κ2) is 6.96. The minimum atomic E-state index is -1.58. The van der Waals surface area contributed by atoms with Crippen LogP contribution in [0.15, 0.2) is 29.3 Å². The first-order chi connectivity index (χ1) is 15.9. The van der Waals surface area contributed by atoms with E-state index in [-0.39, 0.29) is 6.42 Å². The number of halogens is 1. The summed E-state index contributed by atoms with van der Waals surface area (Å²) in [6.07, 6.45) is 4.16. The van der Waals surface area contributed by atoms with Gasteiger partial charge in [-0.15, -0.1) is 0 Å². The summed E-state index contributed by atoms with van der Waals surface area (Å²) in [5.74, 6) is -1.32. The summed E-state index contributed by atoms with van der Waals surface area (Å²) in [6.45, 7) is 2.58. The van der Waals surface area contributed by atoms with Crippen LogP contribution >= 0.6 is 11.6 Å². The summed E-state index contributed by atoms with van der Waals surface area (Å²) in [4.78, 5) is 48.3. The minimum absolute atomic E-state index is 0.0215. The van der Waals surface area contributed by atoms with E-state index in [1.165, 1.54) is 6.33 Å². The summed E-state index contributed by atoms with van der Waals surface area (Å²) in [7, 11) is 0. The number of imide groups is 2. The number of amides is 4. The number of barbiturate groups is 1. The fourth-order valence-corrected chi connectivity index (χ4v) is 5.66. The number of nitrogens with zero attached hydrogens (tertiary/aromatic N) is 4. The van der Waals surface area contributed by atoms with Gasteiger partial charge in [-0.3, -0.25) is 20.2 Å². The van der Waals surface area contributed by atoms with E-state index in [1.54, 1.807) is 19.3 Å². The predicted octanol–water partition coefficient (Wildman–Crippen LogP) is 1.44. The number of hydrogen-bond donors (Lipinski definition) is 2. The minimum Gasteiger partial charge on any atom is -0.374 e. The van der Waals surface area contributed by atoms with Crippen molar-refractivity contribution in [3.8, 4) is 11.3 Å². The number of carbonyl (C=O) groups is 3. The van der Waals surface area contributed by atoms with Crippen LogP contribution in [-0.2, 0) is 20.7 Å². The number of nitrogens with one attached hydrogen (secondary N) is 2. The van der Waals surface area contributed by atoms with Crippen LogP contribution in [-0.4, -0.2) is 58.3 Å². The third kappa shape index (κ3) is 2.66. The Labute approximate surface area is 191 Å². The van der Waals surface area contributed by atoms with Gasteiger partial charge in [-0.1, -0.05) is 16.8 Å². The molecule has 3 aliphatic rings. The molecule has 0 radical (unpaired) electrons. The Kier molecular flexibility index (Phi) is 4.23. The fraction of sp³-hybridized carbons (Fsp3) is 0.333. The van der Waals surface area contributed by atoms with Crippen molar-refractivity contribution in [2.45, 2.75) is 25.5 Å². The first kappa shape index (κ1) is 20.1. The summed E-state index contributed by atoms with van der Waals surface area (Å²) < 4.78 is 11.4. The molecule has 6 rings (SSSR count). The first-order valence-corrected chi connectivity index (χ1v) is 10.7. The Morgan fingerprint density at radius 1 is 1.18 bits per heavy atom. The van der Waals surface area contributed by atoms with Gasteiger partial charge in [-0.25, -0.2) is 14.8 Å². The maximum absolute atomic E-state index is 13.2. The molecule has 1 spiro atoms. The third-order valence-corrected chi connectivity index (χ3v) is 6.96. The molecule has 11 nitrogen and oxygen atoms in total. The lowest BCUT2D eigenvalue weighted by Gasteiger charge is -2.54. The third-order valence-electron chi connectivity index (χ3n) is 6.61. The van der Waals surface area contributed by atoms with Crippen molar-refractivity contribution in [1.82, 2.24) is 25.8 Å². The number of rotatable bonds is 1.